The molecule has 0 bridgehead atoms. The van der Waals surface area contributed by atoms with Gasteiger partial charge in [0.2, 0.25) is 0 Å². The van der Waals surface area contributed by atoms with E-state index in [1.807, 2.05) is 29.8 Å². The van der Waals surface area contributed by atoms with Crippen LogP contribution in [0.25, 0.3) is 11.0 Å². The average Bonchev–Trinajstić information content (AvgIpc) is 3.41. The molecule has 0 aliphatic carbocycles. The number of imidazole rings is 1. The number of fused-ring (bicyclic) bond motifs is 1. The van der Waals surface area contributed by atoms with Crippen molar-refractivity contribution >= 4 is 46.3 Å². The number of nitrogens with zero attached hydrogens (tertiary/aromatic N) is 5. The molecule has 2 aromatic heterocycles. The van der Waals surface area contributed by atoms with Crippen molar-refractivity contribution in [1.29, 1.82) is 0 Å². The molecule has 2 aromatic carbocycles. The molecule has 0 fully saturated rings. The number of esters is 1. The largest absolute Gasteiger partial charge is 0.469 e. The first-order valence-corrected chi connectivity index (χ1v) is 15.9. The smallest absolute Gasteiger partial charge is 0.435 e. The second kappa shape index (κ2) is 17.4. The van der Waals surface area contributed by atoms with Crippen LogP contribution in [0, 0.1) is 0 Å². The van der Waals surface area contributed by atoms with Crippen LogP contribution in [0.5, 0.6) is 0 Å². The number of benzene rings is 2. The van der Waals surface area contributed by atoms with Crippen molar-refractivity contribution in [2.45, 2.75) is 58.4 Å². The fourth-order valence-corrected chi connectivity index (χ4v) is 5.01. The number of anilines is 2. The molecular formula is C35H43N7O5. The number of hydrogen-bond acceptors (Lipinski definition) is 8. The lowest BCUT2D eigenvalue weighted by Gasteiger charge is -2.21. The van der Waals surface area contributed by atoms with Crippen LogP contribution in [0.15, 0.2) is 71.9 Å². The van der Waals surface area contributed by atoms with Gasteiger partial charge in [0, 0.05) is 36.6 Å². The van der Waals surface area contributed by atoms with Crippen LogP contribution in [-0.4, -0.2) is 58.6 Å². The maximum atomic E-state index is 13.6. The van der Waals surface area contributed by atoms with Crippen LogP contribution in [0.1, 0.15) is 73.6 Å². The topological polar surface area (TPSA) is 154 Å². The van der Waals surface area contributed by atoms with E-state index in [4.69, 9.17) is 20.2 Å². The molecule has 4 rings (SSSR count). The van der Waals surface area contributed by atoms with Gasteiger partial charge in [0.15, 0.2) is 0 Å². The van der Waals surface area contributed by atoms with E-state index in [-0.39, 0.29) is 24.7 Å². The summed E-state index contributed by atoms with van der Waals surface area (Å²) in [5, 5.41) is 3.35. The molecule has 0 atom stereocenters. The molecule has 12 heteroatoms. The van der Waals surface area contributed by atoms with E-state index in [1.165, 1.54) is 31.3 Å². The number of ether oxygens (including phenoxy) is 2. The minimum absolute atomic E-state index is 0.0344. The van der Waals surface area contributed by atoms with E-state index in [0.29, 0.717) is 35.6 Å². The van der Waals surface area contributed by atoms with Gasteiger partial charge >= 0.3 is 12.1 Å². The van der Waals surface area contributed by atoms with E-state index >= 15 is 0 Å². The van der Waals surface area contributed by atoms with E-state index in [2.05, 4.69) is 22.2 Å². The summed E-state index contributed by atoms with van der Waals surface area (Å²) in [6.45, 7) is 3.06. The minimum Gasteiger partial charge on any atom is -0.469 e. The predicted octanol–water partition coefficient (Wildman–Crippen LogP) is 5.99. The molecule has 47 heavy (non-hydrogen) atoms. The standard InChI is InChI=1S/C35H43N7O5/c1-4-5-6-7-8-11-22-47-35(45)40-33(36)25-13-16-27(17-14-25)38-24-31-39-28-23-26(15-18-29(28)41(31)2)34(44)42(21-19-32(43)46-3)30-12-9-10-20-37-30/h9-10,12-18,20,23,38H,4-8,11,19,21-22,24H2,1-3H3,(H2,36,40,45). The zero-order valence-electron chi connectivity index (χ0n) is 27.3. The third kappa shape index (κ3) is 9.86. The van der Waals surface area contributed by atoms with Crippen molar-refractivity contribution in [3.8, 4) is 0 Å². The highest BCUT2D eigenvalue weighted by Crippen LogP contribution is 2.21. The van der Waals surface area contributed by atoms with Crippen molar-refractivity contribution in [1.82, 2.24) is 14.5 Å². The molecule has 2 amide bonds. The number of pyridine rings is 1. The van der Waals surface area contributed by atoms with E-state index in [1.54, 1.807) is 48.7 Å². The first-order chi connectivity index (χ1) is 22.8. The Hall–Kier alpha value is -5.26. The molecule has 0 radical (unpaired) electrons. The second-order valence-electron chi connectivity index (χ2n) is 11.1. The van der Waals surface area contributed by atoms with Crippen LogP contribution >= 0.6 is 0 Å². The van der Waals surface area contributed by atoms with Crippen molar-refractivity contribution in [2.24, 2.45) is 17.8 Å². The van der Waals surface area contributed by atoms with Crippen LogP contribution in [0.4, 0.5) is 16.3 Å². The van der Waals surface area contributed by atoms with Crippen LogP contribution in [-0.2, 0) is 27.9 Å². The SMILES string of the molecule is CCCCCCCCOC(=O)/N=C(/N)c1ccc(NCc2nc3cc(C(=O)N(CCC(=O)OC)c4ccccn4)ccc3n2C)cc1. The lowest BCUT2D eigenvalue weighted by atomic mass is 10.1. The van der Waals surface area contributed by atoms with Gasteiger partial charge in [-0.15, -0.1) is 0 Å². The third-order valence-electron chi connectivity index (χ3n) is 7.73. The van der Waals surface area contributed by atoms with Crippen molar-refractivity contribution < 1.29 is 23.9 Å². The number of nitrogens with two attached hydrogens (primary N) is 1. The molecule has 0 saturated heterocycles. The number of methoxy groups -OCH3 is 1. The van der Waals surface area contributed by atoms with E-state index in [0.717, 1.165) is 36.3 Å². The number of amidine groups is 1. The summed E-state index contributed by atoms with van der Waals surface area (Å²) in [5.74, 6) is 0.581. The number of carbonyl (C=O) groups excluding carboxylic acids is 3. The number of carbonyl (C=O) groups is 3. The van der Waals surface area contributed by atoms with Gasteiger partial charge < -0.3 is 25.1 Å². The quantitative estimate of drug-likeness (QED) is 0.0649. The maximum Gasteiger partial charge on any atom is 0.435 e. The van der Waals surface area contributed by atoms with Crippen molar-refractivity contribution in [3.05, 3.63) is 83.8 Å². The minimum atomic E-state index is -0.685. The Morgan fingerprint density at radius 1 is 0.979 bits per heavy atom. The van der Waals surface area contributed by atoms with Crippen molar-refractivity contribution in [3.63, 3.8) is 0 Å². The highest BCUT2D eigenvalue weighted by atomic mass is 16.5. The molecule has 0 aliphatic rings. The van der Waals surface area contributed by atoms with Gasteiger partial charge in [0.25, 0.3) is 5.91 Å². The number of hydrogen-bond donors (Lipinski definition) is 2. The summed E-state index contributed by atoms with van der Waals surface area (Å²) < 4.78 is 11.9. The molecule has 2 heterocycles. The Balaban J connectivity index is 1.36. The first kappa shape index (κ1) is 34.6. The molecule has 248 valence electrons. The first-order valence-electron chi connectivity index (χ1n) is 15.9. The fraction of sp³-hybridized carbons (Fsp3) is 0.371. The Labute approximate surface area is 275 Å². The Morgan fingerprint density at radius 3 is 2.45 bits per heavy atom. The number of amides is 2. The molecule has 12 nitrogen and oxygen atoms in total. The fourth-order valence-electron chi connectivity index (χ4n) is 5.01. The van der Waals surface area contributed by atoms with Crippen LogP contribution < -0.4 is 16.0 Å². The van der Waals surface area contributed by atoms with Crippen LogP contribution in [0.2, 0.25) is 0 Å². The number of aromatic nitrogens is 3. The molecule has 3 N–H and O–H groups in total. The van der Waals surface area contributed by atoms with E-state index < -0.39 is 12.1 Å². The molecule has 0 saturated carbocycles. The summed E-state index contributed by atoms with van der Waals surface area (Å²) in [4.78, 5) is 51.9. The maximum absolute atomic E-state index is 13.6. The summed E-state index contributed by atoms with van der Waals surface area (Å²) in [6, 6.07) is 17.9. The lowest BCUT2D eigenvalue weighted by Crippen LogP contribution is -2.33. The Bertz CT molecular complexity index is 1670. The number of rotatable bonds is 16. The predicted molar refractivity (Wildman–Crippen MR) is 182 cm³/mol. The van der Waals surface area contributed by atoms with E-state index in [9.17, 15) is 14.4 Å². The monoisotopic (exact) mass is 641 g/mol. The molecule has 0 unspecified atom stereocenters. The van der Waals surface area contributed by atoms with Gasteiger partial charge in [-0.3, -0.25) is 14.5 Å². The van der Waals surface area contributed by atoms with Gasteiger partial charge in [0.05, 0.1) is 37.7 Å². The van der Waals surface area contributed by atoms with Crippen molar-refractivity contribution in [2.75, 3.05) is 30.5 Å². The number of aryl methyl sites for hydroxylation is 1. The third-order valence-corrected chi connectivity index (χ3v) is 7.73. The lowest BCUT2D eigenvalue weighted by molar-refractivity contribution is -0.140. The van der Waals surface area contributed by atoms with Gasteiger partial charge in [-0.25, -0.2) is 14.8 Å². The second-order valence-corrected chi connectivity index (χ2v) is 11.1. The summed E-state index contributed by atoms with van der Waals surface area (Å²) >= 11 is 0. The summed E-state index contributed by atoms with van der Waals surface area (Å²) in [6.07, 6.45) is 7.57. The van der Waals surface area contributed by atoms with Gasteiger partial charge in [0.1, 0.15) is 17.5 Å². The summed E-state index contributed by atoms with van der Waals surface area (Å²) in [5.41, 5.74) is 9.42. The number of nitrogens with one attached hydrogen (secondary N) is 1. The molecule has 4 aromatic rings. The Morgan fingerprint density at radius 2 is 1.72 bits per heavy atom. The highest BCUT2D eigenvalue weighted by molar-refractivity contribution is 6.07. The zero-order chi connectivity index (χ0) is 33.6. The number of aliphatic imine (C=N–C) groups is 1. The molecular weight excluding hydrogens is 598 g/mol. The normalized spacial score (nSPS) is 11.3. The van der Waals surface area contributed by atoms with Gasteiger partial charge in [-0.2, -0.15) is 4.99 Å². The molecule has 0 spiro atoms. The number of unbranched alkanes of at least 4 members (excludes halogenated alkanes) is 5. The molecule has 0 aliphatic heterocycles. The summed E-state index contributed by atoms with van der Waals surface area (Å²) in [7, 11) is 3.23. The highest BCUT2D eigenvalue weighted by Gasteiger charge is 2.21. The van der Waals surface area contributed by atoms with Crippen LogP contribution in [0.3, 0.4) is 0 Å². The van der Waals surface area contributed by atoms with Gasteiger partial charge in [-0.1, -0.05) is 45.1 Å². The Kier molecular flexibility index (Phi) is 12.8. The van der Waals surface area contributed by atoms with Gasteiger partial charge in [-0.05, 0) is 61.0 Å². The average molecular weight is 642 g/mol. The zero-order valence-corrected chi connectivity index (χ0v) is 27.3.